The normalized spacial score (nSPS) is 24.8. The van der Waals surface area contributed by atoms with E-state index in [1.807, 2.05) is 13.8 Å². The Bertz CT molecular complexity index is 356. The molecule has 0 saturated heterocycles. The molecule has 0 heterocycles. The molecule has 1 aliphatic rings. The molecule has 1 heteroatoms. The van der Waals surface area contributed by atoms with Crippen LogP contribution < -0.4 is 0 Å². The molecule has 1 rings (SSSR count). The van der Waals surface area contributed by atoms with Gasteiger partial charge in [-0.2, -0.15) is 0 Å². The SMILES string of the molecule is CC(=O)C(C)(C)/C=C/[C@@H]1CCC=C(C)C1(C)C. The molecule has 0 fully saturated rings. The highest BCUT2D eigenvalue weighted by atomic mass is 16.1. The maximum Gasteiger partial charge on any atom is 0.139 e. The minimum Gasteiger partial charge on any atom is -0.299 e. The van der Waals surface area contributed by atoms with Gasteiger partial charge in [-0.3, -0.25) is 4.79 Å². The molecule has 17 heavy (non-hydrogen) atoms. The van der Waals surface area contributed by atoms with Gasteiger partial charge in [-0.05, 0) is 51.9 Å². The smallest absolute Gasteiger partial charge is 0.139 e. The molecule has 0 N–H and O–H groups in total. The molecule has 0 unspecified atom stereocenters. The van der Waals surface area contributed by atoms with Gasteiger partial charge in [-0.25, -0.2) is 0 Å². The van der Waals surface area contributed by atoms with E-state index in [4.69, 9.17) is 0 Å². The highest BCUT2D eigenvalue weighted by Gasteiger charge is 2.32. The van der Waals surface area contributed by atoms with Gasteiger partial charge in [-0.15, -0.1) is 0 Å². The zero-order valence-corrected chi connectivity index (χ0v) is 12.1. The van der Waals surface area contributed by atoms with Gasteiger partial charge >= 0.3 is 0 Å². The first kappa shape index (κ1) is 14.2. The zero-order valence-electron chi connectivity index (χ0n) is 12.1. The third-order valence-corrected chi connectivity index (χ3v) is 4.52. The summed E-state index contributed by atoms with van der Waals surface area (Å²) in [5.41, 5.74) is 1.37. The average molecular weight is 234 g/mol. The van der Waals surface area contributed by atoms with E-state index in [9.17, 15) is 4.79 Å². The summed E-state index contributed by atoms with van der Waals surface area (Å²) in [5, 5.41) is 0. The van der Waals surface area contributed by atoms with E-state index in [1.54, 1.807) is 6.92 Å². The standard InChI is InChI=1S/C16H26O/c1-12-8-7-9-14(16(12,5)6)10-11-15(3,4)13(2)17/h8,10-11,14H,7,9H2,1-6H3/b11-10+/t14-/m0/s1. The molecule has 1 aliphatic carbocycles. The van der Waals surface area contributed by atoms with Crippen molar-refractivity contribution < 1.29 is 4.79 Å². The van der Waals surface area contributed by atoms with Crippen molar-refractivity contribution in [1.82, 2.24) is 0 Å². The van der Waals surface area contributed by atoms with E-state index in [0.29, 0.717) is 5.92 Å². The van der Waals surface area contributed by atoms with Crippen molar-refractivity contribution in [3.8, 4) is 0 Å². The summed E-state index contributed by atoms with van der Waals surface area (Å²) in [6, 6.07) is 0. The minimum atomic E-state index is -0.328. The Morgan fingerprint density at radius 3 is 2.59 bits per heavy atom. The van der Waals surface area contributed by atoms with Crippen LogP contribution >= 0.6 is 0 Å². The van der Waals surface area contributed by atoms with Gasteiger partial charge in [0.25, 0.3) is 0 Å². The number of allylic oxidation sites excluding steroid dienone is 4. The molecule has 0 spiro atoms. The lowest BCUT2D eigenvalue weighted by Crippen LogP contribution is -2.27. The fraction of sp³-hybridized carbons (Fsp3) is 0.688. The Balaban J connectivity index is 2.86. The summed E-state index contributed by atoms with van der Waals surface area (Å²) in [6.45, 7) is 12.5. The molecular formula is C16H26O. The van der Waals surface area contributed by atoms with Crippen LogP contribution in [0.1, 0.15) is 54.4 Å². The van der Waals surface area contributed by atoms with Crippen LogP contribution in [-0.4, -0.2) is 5.78 Å². The average Bonchev–Trinajstić information content (AvgIpc) is 2.20. The van der Waals surface area contributed by atoms with Crippen LogP contribution in [0.3, 0.4) is 0 Å². The van der Waals surface area contributed by atoms with Gasteiger partial charge in [0.05, 0.1) is 0 Å². The van der Waals surface area contributed by atoms with Crippen LogP contribution in [-0.2, 0) is 4.79 Å². The van der Waals surface area contributed by atoms with Crippen molar-refractivity contribution in [2.75, 3.05) is 0 Å². The molecule has 0 bridgehead atoms. The Hall–Kier alpha value is -0.850. The molecule has 0 aromatic rings. The molecule has 0 aromatic heterocycles. The second kappa shape index (κ2) is 4.80. The number of carbonyl (C=O) groups is 1. The van der Waals surface area contributed by atoms with E-state index < -0.39 is 0 Å². The third kappa shape index (κ3) is 3.08. The Morgan fingerprint density at radius 2 is 2.06 bits per heavy atom. The van der Waals surface area contributed by atoms with Crippen molar-refractivity contribution in [3.05, 3.63) is 23.8 Å². The molecule has 0 saturated carbocycles. The van der Waals surface area contributed by atoms with Gasteiger partial charge in [0.1, 0.15) is 5.78 Å². The topological polar surface area (TPSA) is 17.1 Å². The predicted molar refractivity (Wildman–Crippen MR) is 73.9 cm³/mol. The fourth-order valence-corrected chi connectivity index (χ4v) is 2.21. The molecule has 0 aliphatic heterocycles. The quantitative estimate of drug-likeness (QED) is 0.655. The first-order chi connectivity index (χ1) is 7.68. The van der Waals surface area contributed by atoms with Crippen LogP contribution in [0.25, 0.3) is 0 Å². The molecular weight excluding hydrogens is 208 g/mol. The van der Waals surface area contributed by atoms with Crippen LogP contribution in [0.15, 0.2) is 23.8 Å². The number of ketones is 1. The molecule has 0 amide bonds. The highest BCUT2D eigenvalue weighted by molar-refractivity contribution is 5.83. The highest BCUT2D eigenvalue weighted by Crippen LogP contribution is 2.42. The molecule has 1 atom stereocenters. The van der Waals surface area contributed by atoms with Crippen LogP contribution in [0, 0.1) is 16.7 Å². The number of rotatable bonds is 3. The van der Waals surface area contributed by atoms with Crippen molar-refractivity contribution in [2.24, 2.45) is 16.7 Å². The van der Waals surface area contributed by atoms with Gasteiger partial charge < -0.3 is 0 Å². The number of hydrogen-bond donors (Lipinski definition) is 0. The van der Waals surface area contributed by atoms with Gasteiger partial charge in [0.15, 0.2) is 0 Å². The summed E-state index contributed by atoms with van der Waals surface area (Å²) < 4.78 is 0. The largest absolute Gasteiger partial charge is 0.299 e. The van der Waals surface area contributed by atoms with Crippen molar-refractivity contribution >= 4 is 5.78 Å². The van der Waals surface area contributed by atoms with Crippen molar-refractivity contribution in [2.45, 2.75) is 54.4 Å². The molecule has 96 valence electrons. The maximum atomic E-state index is 11.5. The number of carbonyl (C=O) groups excluding carboxylic acids is 1. The molecule has 1 nitrogen and oxygen atoms in total. The van der Waals surface area contributed by atoms with Crippen LogP contribution in [0.4, 0.5) is 0 Å². The third-order valence-electron chi connectivity index (χ3n) is 4.52. The Kier molecular flexibility index (Phi) is 4.01. The van der Waals surface area contributed by atoms with Crippen LogP contribution in [0.5, 0.6) is 0 Å². The Morgan fingerprint density at radius 1 is 1.47 bits per heavy atom. The van der Waals surface area contributed by atoms with Crippen molar-refractivity contribution in [1.29, 1.82) is 0 Å². The van der Waals surface area contributed by atoms with Gasteiger partial charge in [0.2, 0.25) is 0 Å². The second-order valence-corrected chi connectivity index (χ2v) is 6.43. The fourth-order valence-electron chi connectivity index (χ4n) is 2.21. The van der Waals surface area contributed by atoms with Crippen LogP contribution in [0.2, 0.25) is 0 Å². The lowest BCUT2D eigenvalue weighted by Gasteiger charge is -2.37. The summed E-state index contributed by atoms with van der Waals surface area (Å²) in [4.78, 5) is 11.5. The zero-order chi connectivity index (χ0) is 13.3. The van der Waals surface area contributed by atoms with Gasteiger partial charge in [0, 0.05) is 5.41 Å². The van der Waals surface area contributed by atoms with E-state index in [0.717, 1.165) is 6.42 Å². The summed E-state index contributed by atoms with van der Waals surface area (Å²) >= 11 is 0. The van der Waals surface area contributed by atoms with Gasteiger partial charge in [-0.1, -0.05) is 37.6 Å². The predicted octanol–water partition coefficient (Wildman–Crippen LogP) is 4.54. The summed E-state index contributed by atoms with van der Waals surface area (Å²) in [7, 11) is 0. The second-order valence-electron chi connectivity index (χ2n) is 6.43. The number of hydrogen-bond acceptors (Lipinski definition) is 1. The van der Waals surface area contributed by atoms with E-state index in [1.165, 1.54) is 12.0 Å². The Labute approximate surface area is 106 Å². The maximum absolute atomic E-state index is 11.5. The molecule has 0 radical (unpaired) electrons. The van der Waals surface area contributed by atoms with E-state index >= 15 is 0 Å². The monoisotopic (exact) mass is 234 g/mol. The van der Waals surface area contributed by atoms with E-state index in [2.05, 4.69) is 39.0 Å². The van der Waals surface area contributed by atoms with Crippen molar-refractivity contribution in [3.63, 3.8) is 0 Å². The lowest BCUT2D eigenvalue weighted by molar-refractivity contribution is -0.122. The molecule has 0 aromatic carbocycles. The van der Waals surface area contributed by atoms with E-state index in [-0.39, 0.29) is 16.6 Å². The lowest BCUT2D eigenvalue weighted by atomic mass is 9.67. The summed E-state index contributed by atoms with van der Waals surface area (Å²) in [6.07, 6.45) is 9.05. The first-order valence-corrected chi connectivity index (χ1v) is 6.55. The number of Topliss-reactive ketones (excluding diaryl/α,β-unsaturated/α-hetero) is 1. The summed E-state index contributed by atoms with van der Waals surface area (Å²) in [5.74, 6) is 0.778. The minimum absolute atomic E-state index is 0.224. The first-order valence-electron chi connectivity index (χ1n) is 6.55.